The van der Waals surface area contributed by atoms with Gasteiger partial charge < -0.3 is 10.0 Å². The standard InChI is InChI=1S/C24H29ClN2O3/c1-24(2,3)18-9-7-17(8-10-18)22(28)16-21(23(29)30)27-13-11-26(12-14-27)20-6-4-5-19(25)15-20/h4-10,15,21H,11-14,16H2,1-3H3,(H,29,30)/t21-/m0/s1. The summed E-state index contributed by atoms with van der Waals surface area (Å²) in [5.74, 6) is -1.09. The molecule has 0 aromatic heterocycles. The molecule has 30 heavy (non-hydrogen) atoms. The maximum Gasteiger partial charge on any atom is 0.321 e. The molecule has 6 heteroatoms. The molecule has 0 unspecified atom stereocenters. The lowest BCUT2D eigenvalue weighted by molar-refractivity contribution is -0.143. The van der Waals surface area contributed by atoms with E-state index in [1.807, 2.05) is 41.3 Å². The monoisotopic (exact) mass is 428 g/mol. The van der Waals surface area contributed by atoms with Gasteiger partial charge in [-0.2, -0.15) is 0 Å². The molecule has 1 fully saturated rings. The first-order valence-electron chi connectivity index (χ1n) is 10.3. The highest BCUT2D eigenvalue weighted by molar-refractivity contribution is 6.30. The van der Waals surface area contributed by atoms with Gasteiger partial charge in [0.15, 0.2) is 5.78 Å². The summed E-state index contributed by atoms with van der Waals surface area (Å²) in [4.78, 5) is 28.8. The number of nitrogens with zero attached hydrogens (tertiary/aromatic N) is 2. The van der Waals surface area contributed by atoms with E-state index in [4.69, 9.17) is 11.6 Å². The molecule has 1 N–H and O–H groups in total. The fraction of sp³-hybridized carbons (Fsp3) is 0.417. The van der Waals surface area contributed by atoms with Crippen molar-refractivity contribution in [3.63, 3.8) is 0 Å². The van der Waals surface area contributed by atoms with Gasteiger partial charge in [0.05, 0.1) is 0 Å². The lowest BCUT2D eigenvalue weighted by atomic mass is 9.86. The minimum Gasteiger partial charge on any atom is -0.480 e. The van der Waals surface area contributed by atoms with Crippen LogP contribution in [-0.4, -0.2) is 54.0 Å². The van der Waals surface area contributed by atoms with Gasteiger partial charge in [-0.25, -0.2) is 0 Å². The molecular weight excluding hydrogens is 400 g/mol. The number of hydrogen-bond donors (Lipinski definition) is 1. The van der Waals surface area contributed by atoms with E-state index in [1.54, 1.807) is 12.1 Å². The molecule has 0 radical (unpaired) electrons. The first-order chi connectivity index (χ1) is 14.1. The zero-order valence-electron chi connectivity index (χ0n) is 17.8. The molecule has 0 amide bonds. The highest BCUT2D eigenvalue weighted by Gasteiger charge is 2.31. The first-order valence-corrected chi connectivity index (χ1v) is 10.6. The van der Waals surface area contributed by atoms with E-state index in [9.17, 15) is 14.7 Å². The molecule has 0 aliphatic carbocycles. The van der Waals surface area contributed by atoms with Crippen LogP contribution in [0.4, 0.5) is 5.69 Å². The summed E-state index contributed by atoms with van der Waals surface area (Å²) in [5.41, 5.74) is 2.75. The van der Waals surface area contributed by atoms with E-state index in [-0.39, 0.29) is 17.6 Å². The van der Waals surface area contributed by atoms with E-state index < -0.39 is 12.0 Å². The van der Waals surface area contributed by atoms with E-state index in [0.29, 0.717) is 36.8 Å². The van der Waals surface area contributed by atoms with Crippen LogP contribution in [0.1, 0.15) is 43.1 Å². The van der Waals surface area contributed by atoms with Crippen molar-refractivity contribution in [1.82, 2.24) is 4.90 Å². The molecule has 2 aromatic rings. The fourth-order valence-electron chi connectivity index (χ4n) is 3.79. The van der Waals surface area contributed by atoms with Gasteiger partial charge in [-0.05, 0) is 29.2 Å². The third kappa shape index (κ3) is 5.41. The number of Topliss-reactive ketones (excluding diaryl/α,β-unsaturated/α-hetero) is 1. The van der Waals surface area contributed by atoms with Crippen LogP contribution in [0.25, 0.3) is 0 Å². The number of piperazine rings is 1. The van der Waals surface area contributed by atoms with Crippen molar-refractivity contribution in [3.8, 4) is 0 Å². The highest BCUT2D eigenvalue weighted by Crippen LogP contribution is 2.24. The Hall–Kier alpha value is -2.37. The molecular formula is C24H29ClN2O3. The van der Waals surface area contributed by atoms with Gasteiger partial charge in [0.2, 0.25) is 0 Å². The molecule has 1 atom stereocenters. The molecule has 5 nitrogen and oxygen atoms in total. The number of aliphatic carboxylic acids is 1. The predicted molar refractivity (Wildman–Crippen MR) is 121 cm³/mol. The largest absolute Gasteiger partial charge is 0.480 e. The van der Waals surface area contributed by atoms with Crippen molar-refractivity contribution in [1.29, 1.82) is 0 Å². The molecule has 1 aliphatic rings. The van der Waals surface area contributed by atoms with Gasteiger partial charge in [0.25, 0.3) is 0 Å². The Bertz CT molecular complexity index is 897. The third-order valence-corrected chi connectivity index (χ3v) is 5.90. The van der Waals surface area contributed by atoms with Gasteiger partial charge in [0.1, 0.15) is 6.04 Å². The van der Waals surface area contributed by atoms with Crippen LogP contribution in [0.2, 0.25) is 5.02 Å². The maximum absolute atomic E-state index is 12.8. The van der Waals surface area contributed by atoms with Crippen LogP contribution in [-0.2, 0) is 10.2 Å². The van der Waals surface area contributed by atoms with Crippen LogP contribution in [0.15, 0.2) is 48.5 Å². The second kappa shape index (κ2) is 9.19. The number of anilines is 1. The Morgan fingerprint density at radius 2 is 1.67 bits per heavy atom. The second-order valence-electron chi connectivity index (χ2n) is 8.81. The smallest absolute Gasteiger partial charge is 0.321 e. The zero-order chi connectivity index (χ0) is 21.9. The van der Waals surface area contributed by atoms with Crippen molar-refractivity contribution in [3.05, 3.63) is 64.7 Å². The van der Waals surface area contributed by atoms with Crippen molar-refractivity contribution < 1.29 is 14.7 Å². The molecule has 1 aliphatic heterocycles. The van der Waals surface area contributed by atoms with Crippen LogP contribution in [0.5, 0.6) is 0 Å². The topological polar surface area (TPSA) is 60.9 Å². The Morgan fingerprint density at radius 3 is 2.20 bits per heavy atom. The quantitative estimate of drug-likeness (QED) is 0.687. The number of carbonyl (C=O) groups excluding carboxylic acids is 1. The van der Waals surface area contributed by atoms with Crippen molar-refractivity contribution in [2.24, 2.45) is 0 Å². The second-order valence-corrected chi connectivity index (χ2v) is 9.25. The van der Waals surface area contributed by atoms with Crippen LogP contribution in [0.3, 0.4) is 0 Å². The van der Waals surface area contributed by atoms with Gasteiger partial charge in [-0.3, -0.25) is 14.5 Å². The summed E-state index contributed by atoms with van der Waals surface area (Å²) in [5, 5.41) is 10.4. The van der Waals surface area contributed by atoms with E-state index in [1.165, 1.54) is 0 Å². The molecule has 0 saturated carbocycles. The summed E-state index contributed by atoms with van der Waals surface area (Å²) in [6.45, 7) is 8.91. The fourth-order valence-corrected chi connectivity index (χ4v) is 3.97. The Kier molecular flexibility index (Phi) is 6.84. The first kappa shape index (κ1) is 22.3. The summed E-state index contributed by atoms with van der Waals surface area (Å²) < 4.78 is 0. The summed E-state index contributed by atoms with van der Waals surface area (Å²) in [6, 6.07) is 14.4. The van der Waals surface area contributed by atoms with Crippen LogP contribution < -0.4 is 4.90 Å². The molecule has 0 spiro atoms. The van der Waals surface area contributed by atoms with Crippen LogP contribution in [0, 0.1) is 0 Å². The molecule has 160 valence electrons. The van der Waals surface area contributed by atoms with Gasteiger partial charge in [0, 0.05) is 48.9 Å². The average molecular weight is 429 g/mol. The lowest BCUT2D eigenvalue weighted by Gasteiger charge is -2.38. The maximum atomic E-state index is 12.8. The average Bonchev–Trinajstić information content (AvgIpc) is 2.71. The number of carboxylic acid groups (broad SMARTS) is 1. The van der Waals surface area contributed by atoms with Gasteiger partial charge in [-0.1, -0.05) is 62.7 Å². The van der Waals surface area contributed by atoms with E-state index in [0.717, 1.165) is 11.3 Å². The molecule has 3 rings (SSSR count). The number of carboxylic acids is 1. The number of carbonyl (C=O) groups is 2. The summed E-state index contributed by atoms with van der Waals surface area (Å²) in [6.07, 6.45) is -0.0264. The van der Waals surface area contributed by atoms with Gasteiger partial charge >= 0.3 is 5.97 Å². The number of hydrogen-bond acceptors (Lipinski definition) is 4. The van der Waals surface area contributed by atoms with Crippen molar-refractivity contribution >= 4 is 29.0 Å². The predicted octanol–water partition coefficient (Wildman–Crippen LogP) is 4.49. The zero-order valence-corrected chi connectivity index (χ0v) is 18.5. The highest BCUT2D eigenvalue weighted by atomic mass is 35.5. The molecule has 1 saturated heterocycles. The molecule has 0 bridgehead atoms. The Labute approximate surface area is 183 Å². The normalized spacial score (nSPS) is 16.3. The van der Waals surface area contributed by atoms with Crippen molar-refractivity contribution in [2.45, 2.75) is 38.6 Å². The van der Waals surface area contributed by atoms with Crippen molar-refractivity contribution in [2.75, 3.05) is 31.1 Å². The molecule has 2 aromatic carbocycles. The van der Waals surface area contributed by atoms with Crippen LogP contribution >= 0.6 is 11.6 Å². The number of halogens is 1. The number of ketones is 1. The third-order valence-electron chi connectivity index (χ3n) is 5.67. The lowest BCUT2D eigenvalue weighted by Crippen LogP contribution is -2.53. The SMILES string of the molecule is CC(C)(C)c1ccc(C(=O)C[C@@H](C(=O)O)N2CCN(c3cccc(Cl)c3)CC2)cc1. The minimum atomic E-state index is -0.953. The number of rotatable bonds is 6. The minimum absolute atomic E-state index is 0.00777. The molecule has 1 heterocycles. The van der Waals surface area contributed by atoms with Gasteiger partial charge in [-0.15, -0.1) is 0 Å². The summed E-state index contributed by atoms with van der Waals surface area (Å²) >= 11 is 6.08. The van der Waals surface area contributed by atoms with E-state index in [2.05, 4.69) is 25.7 Å². The Balaban J connectivity index is 1.64. The van der Waals surface area contributed by atoms with E-state index >= 15 is 0 Å². The Morgan fingerprint density at radius 1 is 1.03 bits per heavy atom. The number of benzene rings is 2. The summed E-state index contributed by atoms with van der Waals surface area (Å²) in [7, 11) is 0.